The van der Waals surface area contributed by atoms with Crippen LogP contribution in [-0.2, 0) is 10.8 Å². The number of furan rings is 1. The lowest BCUT2D eigenvalue weighted by molar-refractivity contribution is 0.479. The summed E-state index contributed by atoms with van der Waals surface area (Å²) in [5.41, 5.74) is 9.74. The van der Waals surface area contributed by atoms with Crippen LogP contribution < -0.4 is 14.5 Å². The maximum absolute atomic E-state index is 6.85. The van der Waals surface area contributed by atoms with Crippen LogP contribution >= 0.6 is 0 Å². The van der Waals surface area contributed by atoms with Crippen molar-refractivity contribution in [3.8, 4) is 17.3 Å². The minimum atomic E-state index is -0.100. The van der Waals surface area contributed by atoms with Crippen molar-refractivity contribution in [2.24, 2.45) is 0 Å². The summed E-state index contributed by atoms with van der Waals surface area (Å²) in [5.74, 6) is 2.48. The van der Waals surface area contributed by atoms with Gasteiger partial charge in [-0.2, -0.15) is 0 Å². The van der Waals surface area contributed by atoms with Crippen LogP contribution in [0, 0.1) is 0 Å². The van der Waals surface area contributed by atoms with Gasteiger partial charge in [0, 0.05) is 47.2 Å². The smallest absolute Gasteiger partial charge is 0.137 e. The van der Waals surface area contributed by atoms with Gasteiger partial charge in [-0.1, -0.05) is 77.9 Å². The van der Waals surface area contributed by atoms with Crippen molar-refractivity contribution in [1.29, 1.82) is 0 Å². The zero-order chi connectivity index (χ0) is 35.2. The third kappa shape index (κ3) is 5.12. The van der Waals surface area contributed by atoms with Crippen molar-refractivity contribution >= 4 is 60.8 Å². The van der Waals surface area contributed by atoms with Gasteiger partial charge in [0.2, 0.25) is 0 Å². The Labute approximate surface area is 298 Å². The molecule has 5 aromatic carbocycles. The number of ether oxygens (including phenoxy) is 1. The lowest BCUT2D eigenvalue weighted by Crippen LogP contribution is -2.24. The molecule has 6 nitrogen and oxygen atoms in total. The lowest BCUT2D eigenvalue weighted by atomic mass is 9.86. The van der Waals surface area contributed by atoms with Crippen LogP contribution in [0.15, 0.2) is 120 Å². The van der Waals surface area contributed by atoms with E-state index in [1.54, 1.807) is 0 Å². The molecule has 4 heterocycles. The van der Waals surface area contributed by atoms with Crippen molar-refractivity contribution in [3.63, 3.8) is 0 Å². The van der Waals surface area contributed by atoms with E-state index in [1.807, 2.05) is 18.3 Å². The SMILES string of the molecule is CN1CN(c2cc(Oc3ccc4c5ccccc5n(-c5cc(C(C)(C)C)ccn5)c4c3)cc(C(C)(C)C)c2)c2c1ccc1oc3ccccc3c21. The van der Waals surface area contributed by atoms with Gasteiger partial charge >= 0.3 is 0 Å². The normalized spacial score (nSPS) is 13.6. The van der Waals surface area contributed by atoms with Gasteiger partial charge < -0.3 is 19.0 Å². The van der Waals surface area contributed by atoms with Crippen molar-refractivity contribution in [2.75, 3.05) is 23.5 Å². The fourth-order valence-electron chi connectivity index (χ4n) is 7.57. The lowest BCUT2D eigenvalue weighted by Gasteiger charge is -2.26. The first-order chi connectivity index (χ1) is 24.4. The Hall–Kier alpha value is -5.75. The Bertz CT molecular complexity index is 2650. The molecule has 0 aliphatic carbocycles. The van der Waals surface area contributed by atoms with Crippen molar-refractivity contribution in [1.82, 2.24) is 9.55 Å². The highest BCUT2D eigenvalue weighted by Crippen LogP contribution is 2.49. The molecule has 0 saturated heterocycles. The molecule has 0 amide bonds. The molecule has 8 aromatic rings. The van der Waals surface area contributed by atoms with E-state index in [2.05, 4.69) is 160 Å². The molecular weight excluding hydrogens is 629 g/mol. The minimum absolute atomic E-state index is 0.00164. The number of aromatic nitrogens is 2. The Morgan fingerprint density at radius 1 is 0.647 bits per heavy atom. The van der Waals surface area contributed by atoms with E-state index in [1.165, 1.54) is 22.2 Å². The fraction of sp³-hybridized carbons (Fsp3) is 0.222. The molecule has 0 spiro atoms. The first-order valence-corrected chi connectivity index (χ1v) is 17.7. The average Bonchev–Trinajstić information content (AvgIpc) is 3.76. The highest BCUT2D eigenvalue weighted by atomic mass is 16.5. The number of hydrogen-bond acceptors (Lipinski definition) is 5. The fourth-order valence-corrected chi connectivity index (χ4v) is 7.57. The molecule has 0 bridgehead atoms. The predicted molar refractivity (Wildman–Crippen MR) is 212 cm³/mol. The summed E-state index contributed by atoms with van der Waals surface area (Å²) in [7, 11) is 2.15. The van der Waals surface area contributed by atoms with Crippen molar-refractivity contribution < 1.29 is 9.15 Å². The molecule has 0 atom stereocenters. The summed E-state index contributed by atoms with van der Waals surface area (Å²) in [5, 5.41) is 4.62. The molecule has 1 aliphatic rings. The maximum atomic E-state index is 6.85. The Kier molecular flexibility index (Phi) is 6.82. The molecule has 0 saturated carbocycles. The van der Waals surface area contributed by atoms with Gasteiger partial charge in [0.1, 0.15) is 28.5 Å². The van der Waals surface area contributed by atoms with Gasteiger partial charge in [0.05, 0.1) is 34.5 Å². The van der Waals surface area contributed by atoms with E-state index in [0.29, 0.717) is 6.67 Å². The second-order valence-electron chi connectivity index (χ2n) is 15.9. The molecule has 254 valence electrons. The number of hydrogen-bond donors (Lipinski definition) is 0. The van der Waals surface area contributed by atoms with Gasteiger partial charge in [0.15, 0.2) is 0 Å². The van der Waals surface area contributed by atoms with Gasteiger partial charge in [0.25, 0.3) is 0 Å². The monoisotopic (exact) mass is 670 g/mol. The van der Waals surface area contributed by atoms with Gasteiger partial charge in [-0.3, -0.25) is 4.57 Å². The Balaban J connectivity index is 1.18. The third-order valence-electron chi connectivity index (χ3n) is 10.3. The van der Waals surface area contributed by atoms with Crippen LogP contribution in [0.2, 0.25) is 0 Å². The molecule has 6 heteroatoms. The number of benzene rings is 5. The standard InChI is InChI=1S/C45H42N4O2/c1-44(2,3)28-20-21-46-41(24-28)49-36-14-10-8-12-33(36)34-17-16-31(26-38(34)49)50-32-23-29(45(4,5)6)22-30(25-32)48-27-47(7)37-18-19-40-42(43(37)48)35-13-9-11-15-39(35)51-40/h8-26H,27H2,1-7H3. The summed E-state index contributed by atoms with van der Waals surface area (Å²) in [4.78, 5) is 9.57. The minimum Gasteiger partial charge on any atom is -0.457 e. The number of rotatable bonds is 4. The third-order valence-corrected chi connectivity index (χ3v) is 10.3. The highest BCUT2D eigenvalue weighted by Gasteiger charge is 2.30. The zero-order valence-corrected chi connectivity index (χ0v) is 30.3. The second kappa shape index (κ2) is 11.1. The summed E-state index contributed by atoms with van der Waals surface area (Å²) in [6, 6.07) is 38.6. The van der Waals surface area contributed by atoms with E-state index < -0.39 is 0 Å². The Morgan fingerprint density at radius 2 is 1.39 bits per heavy atom. The average molecular weight is 671 g/mol. The van der Waals surface area contributed by atoms with Crippen LogP contribution in [0.1, 0.15) is 52.7 Å². The van der Waals surface area contributed by atoms with Crippen LogP contribution in [0.3, 0.4) is 0 Å². The maximum Gasteiger partial charge on any atom is 0.137 e. The van der Waals surface area contributed by atoms with Gasteiger partial charge in [-0.05, 0) is 82.6 Å². The van der Waals surface area contributed by atoms with E-state index in [-0.39, 0.29) is 10.8 Å². The first-order valence-electron chi connectivity index (χ1n) is 17.7. The summed E-state index contributed by atoms with van der Waals surface area (Å²) in [6.07, 6.45) is 1.92. The first kappa shape index (κ1) is 31.2. The van der Waals surface area contributed by atoms with Gasteiger partial charge in [-0.25, -0.2) is 4.98 Å². The molecule has 0 radical (unpaired) electrons. The number of pyridine rings is 1. The number of anilines is 3. The summed E-state index contributed by atoms with van der Waals surface area (Å²) >= 11 is 0. The van der Waals surface area contributed by atoms with Gasteiger partial charge in [-0.15, -0.1) is 0 Å². The number of nitrogens with zero attached hydrogens (tertiary/aromatic N) is 4. The highest BCUT2D eigenvalue weighted by molar-refractivity contribution is 6.16. The molecule has 1 aliphatic heterocycles. The zero-order valence-electron chi connectivity index (χ0n) is 30.3. The Morgan fingerprint density at radius 3 is 2.20 bits per heavy atom. The molecule has 3 aromatic heterocycles. The topological polar surface area (TPSA) is 46.7 Å². The number of para-hydroxylation sites is 2. The summed E-state index contributed by atoms with van der Waals surface area (Å²) in [6.45, 7) is 14.2. The summed E-state index contributed by atoms with van der Waals surface area (Å²) < 4.78 is 15.4. The second-order valence-corrected chi connectivity index (χ2v) is 15.9. The van der Waals surface area contributed by atoms with Crippen LogP contribution in [0.4, 0.5) is 17.1 Å². The molecule has 0 unspecified atom stereocenters. The van der Waals surface area contributed by atoms with Crippen molar-refractivity contribution in [3.05, 3.63) is 127 Å². The molecule has 0 N–H and O–H groups in total. The van der Waals surface area contributed by atoms with E-state index in [0.717, 1.165) is 67.0 Å². The molecule has 0 fully saturated rings. The van der Waals surface area contributed by atoms with Crippen LogP contribution in [0.5, 0.6) is 11.5 Å². The van der Waals surface area contributed by atoms with Crippen LogP contribution in [0.25, 0.3) is 49.6 Å². The predicted octanol–water partition coefficient (Wildman–Crippen LogP) is 12.0. The molecule has 51 heavy (non-hydrogen) atoms. The van der Waals surface area contributed by atoms with E-state index in [9.17, 15) is 0 Å². The van der Waals surface area contributed by atoms with E-state index >= 15 is 0 Å². The van der Waals surface area contributed by atoms with Crippen molar-refractivity contribution in [2.45, 2.75) is 52.4 Å². The molecular formula is C45H42N4O2. The largest absolute Gasteiger partial charge is 0.457 e. The van der Waals surface area contributed by atoms with Crippen LogP contribution in [-0.4, -0.2) is 23.3 Å². The number of fused-ring (bicyclic) bond motifs is 8. The van der Waals surface area contributed by atoms with E-state index in [4.69, 9.17) is 14.1 Å². The molecule has 9 rings (SSSR count). The quantitative estimate of drug-likeness (QED) is 0.186.